The van der Waals surface area contributed by atoms with E-state index in [1.165, 1.54) is 7.11 Å². The zero-order valence-corrected chi connectivity index (χ0v) is 7.59. The maximum atomic E-state index is 10.9. The van der Waals surface area contributed by atoms with Gasteiger partial charge in [0, 0.05) is 0 Å². The fourth-order valence-electron chi connectivity index (χ4n) is 0.777. The number of esters is 1. The molecule has 1 heterocycles. The summed E-state index contributed by atoms with van der Waals surface area (Å²) >= 11 is 5.72. The zero-order chi connectivity index (χ0) is 9.14. The lowest BCUT2D eigenvalue weighted by Gasteiger charge is -1.96. The number of ether oxygens (including phenoxy) is 1. The zero-order valence-electron chi connectivity index (χ0n) is 6.83. The van der Waals surface area contributed by atoms with E-state index in [4.69, 9.17) is 16.0 Å². The van der Waals surface area contributed by atoms with Crippen molar-refractivity contribution < 1.29 is 13.9 Å². The molecule has 4 heteroatoms. The smallest absolute Gasteiger partial charge is 0.373 e. The van der Waals surface area contributed by atoms with E-state index in [2.05, 4.69) is 4.74 Å². The van der Waals surface area contributed by atoms with Crippen LogP contribution in [0.15, 0.2) is 16.5 Å². The molecule has 1 aromatic rings. The van der Waals surface area contributed by atoms with Gasteiger partial charge in [-0.25, -0.2) is 4.79 Å². The van der Waals surface area contributed by atoms with Gasteiger partial charge >= 0.3 is 5.97 Å². The molecule has 0 N–H and O–H groups in total. The highest BCUT2D eigenvalue weighted by molar-refractivity contribution is 6.20. The lowest BCUT2D eigenvalue weighted by molar-refractivity contribution is 0.0563. The van der Waals surface area contributed by atoms with Crippen LogP contribution in [0, 0.1) is 0 Å². The van der Waals surface area contributed by atoms with Crippen LogP contribution in [0.25, 0.3) is 0 Å². The first-order valence-electron chi connectivity index (χ1n) is 3.47. The SMILES string of the molecule is COC(=O)c1ccc([C@@H](C)Cl)o1. The van der Waals surface area contributed by atoms with Crippen LogP contribution in [-0.2, 0) is 4.74 Å². The average molecular weight is 189 g/mol. The van der Waals surface area contributed by atoms with Gasteiger partial charge in [-0.15, -0.1) is 11.6 Å². The summed E-state index contributed by atoms with van der Waals surface area (Å²) in [7, 11) is 1.30. The summed E-state index contributed by atoms with van der Waals surface area (Å²) in [6.45, 7) is 1.77. The first kappa shape index (κ1) is 9.13. The number of halogens is 1. The van der Waals surface area contributed by atoms with Gasteiger partial charge in [0.2, 0.25) is 5.76 Å². The lowest BCUT2D eigenvalue weighted by atomic mass is 10.3. The Labute approximate surface area is 75.3 Å². The summed E-state index contributed by atoms with van der Waals surface area (Å²) in [4.78, 5) is 10.9. The monoisotopic (exact) mass is 188 g/mol. The number of carbonyl (C=O) groups excluding carboxylic acids is 1. The average Bonchev–Trinajstić information content (AvgIpc) is 2.51. The van der Waals surface area contributed by atoms with Crippen molar-refractivity contribution in [3.05, 3.63) is 23.7 Å². The molecular formula is C8H9ClO3. The van der Waals surface area contributed by atoms with Gasteiger partial charge < -0.3 is 9.15 Å². The molecule has 0 bridgehead atoms. The topological polar surface area (TPSA) is 39.4 Å². The molecule has 0 aromatic carbocycles. The predicted octanol–water partition coefficient (Wildman–Crippen LogP) is 2.37. The Morgan fingerprint density at radius 2 is 2.33 bits per heavy atom. The number of carbonyl (C=O) groups is 1. The number of hydrogen-bond donors (Lipinski definition) is 0. The van der Waals surface area contributed by atoms with Gasteiger partial charge in [-0.05, 0) is 19.1 Å². The second kappa shape index (κ2) is 3.63. The molecule has 3 nitrogen and oxygen atoms in total. The van der Waals surface area contributed by atoms with Crippen LogP contribution >= 0.6 is 11.6 Å². The van der Waals surface area contributed by atoms with Crippen molar-refractivity contribution in [1.82, 2.24) is 0 Å². The van der Waals surface area contributed by atoms with Crippen molar-refractivity contribution in [3.63, 3.8) is 0 Å². The molecule has 1 atom stereocenters. The van der Waals surface area contributed by atoms with Crippen molar-refractivity contribution in [2.45, 2.75) is 12.3 Å². The van der Waals surface area contributed by atoms with Crippen LogP contribution in [0.5, 0.6) is 0 Å². The van der Waals surface area contributed by atoms with E-state index in [-0.39, 0.29) is 11.1 Å². The quantitative estimate of drug-likeness (QED) is 0.528. The number of rotatable bonds is 2. The molecule has 0 radical (unpaired) electrons. The van der Waals surface area contributed by atoms with E-state index in [1.54, 1.807) is 19.1 Å². The highest BCUT2D eigenvalue weighted by Gasteiger charge is 2.13. The lowest BCUT2D eigenvalue weighted by Crippen LogP contribution is -1.98. The molecule has 66 valence electrons. The van der Waals surface area contributed by atoms with Gasteiger partial charge in [-0.1, -0.05) is 0 Å². The molecule has 0 saturated carbocycles. The fourth-order valence-corrected chi connectivity index (χ4v) is 0.894. The largest absolute Gasteiger partial charge is 0.463 e. The van der Waals surface area contributed by atoms with E-state index >= 15 is 0 Å². The third-order valence-corrected chi connectivity index (χ3v) is 1.62. The summed E-state index contributed by atoms with van der Waals surface area (Å²) in [5, 5.41) is -0.233. The summed E-state index contributed by atoms with van der Waals surface area (Å²) in [5.74, 6) is 0.260. The molecule has 1 rings (SSSR count). The van der Waals surface area contributed by atoms with Crippen LogP contribution in [0.3, 0.4) is 0 Å². The highest BCUT2D eigenvalue weighted by Crippen LogP contribution is 2.21. The van der Waals surface area contributed by atoms with Crippen LogP contribution in [0.2, 0.25) is 0 Å². The van der Waals surface area contributed by atoms with Gasteiger partial charge in [0.15, 0.2) is 0 Å². The Morgan fingerprint density at radius 3 is 2.75 bits per heavy atom. The second-order valence-electron chi connectivity index (χ2n) is 2.31. The summed E-state index contributed by atoms with van der Waals surface area (Å²) in [6.07, 6.45) is 0. The Bertz CT molecular complexity index is 278. The Kier molecular flexibility index (Phi) is 2.76. The second-order valence-corrected chi connectivity index (χ2v) is 2.96. The minimum absolute atomic E-state index is 0.181. The van der Waals surface area contributed by atoms with E-state index in [0.717, 1.165) is 0 Å². The molecule has 12 heavy (non-hydrogen) atoms. The minimum Gasteiger partial charge on any atom is -0.463 e. The van der Waals surface area contributed by atoms with E-state index in [1.807, 2.05) is 0 Å². The maximum absolute atomic E-state index is 10.9. The molecule has 0 aliphatic heterocycles. The van der Waals surface area contributed by atoms with Crippen molar-refractivity contribution in [1.29, 1.82) is 0 Å². The standard InChI is InChI=1S/C8H9ClO3/c1-5(9)6-3-4-7(12-6)8(10)11-2/h3-5H,1-2H3/t5-/m1/s1. The molecule has 0 saturated heterocycles. The number of alkyl halides is 1. The van der Waals surface area contributed by atoms with E-state index < -0.39 is 5.97 Å². The number of methoxy groups -OCH3 is 1. The van der Waals surface area contributed by atoms with E-state index in [9.17, 15) is 4.79 Å². The van der Waals surface area contributed by atoms with Gasteiger partial charge in [0.25, 0.3) is 0 Å². The predicted molar refractivity (Wildman–Crippen MR) is 44.3 cm³/mol. The molecule has 0 aliphatic carbocycles. The number of furan rings is 1. The van der Waals surface area contributed by atoms with Crippen LogP contribution < -0.4 is 0 Å². The summed E-state index contributed by atoms with van der Waals surface area (Å²) in [6, 6.07) is 3.20. The van der Waals surface area contributed by atoms with Gasteiger partial charge in [-0.3, -0.25) is 0 Å². The van der Waals surface area contributed by atoms with Crippen LogP contribution in [0.1, 0.15) is 28.6 Å². The van der Waals surface area contributed by atoms with Crippen molar-refractivity contribution in [2.24, 2.45) is 0 Å². The van der Waals surface area contributed by atoms with Crippen molar-refractivity contribution in [2.75, 3.05) is 7.11 Å². The number of hydrogen-bond acceptors (Lipinski definition) is 3. The van der Waals surface area contributed by atoms with Crippen LogP contribution in [0.4, 0.5) is 0 Å². The molecule has 0 spiro atoms. The Morgan fingerprint density at radius 1 is 1.67 bits per heavy atom. The highest BCUT2D eigenvalue weighted by atomic mass is 35.5. The molecule has 1 aromatic heterocycles. The molecular weight excluding hydrogens is 180 g/mol. The first-order valence-corrected chi connectivity index (χ1v) is 3.91. The van der Waals surface area contributed by atoms with Crippen LogP contribution in [-0.4, -0.2) is 13.1 Å². The molecule has 0 fully saturated rings. The molecule has 0 aliphatic rings. The Balaban J connectivity index is 2.84. The molecule has 0 amide bonds. The third kappa shape index (κ3) is 1.80. The fraction of sp³-hybridized carbons (Fsp3) is 0.375. The third-order valence-electron chi connectivity index (χ3n) is 1.41. The summed E-state index contributed by atoms with van der Waals surface area (Å²) < 4.78 is 9.54. The summed E-state index contributed by atoms with van der Waals surface area (Å²) in [5.41, 5.74) is 0. The normalized spacial score (nSPS) is 12.6. The first-order chi connectivity index (χ1) is 5.65. The Hall–Kier alpha value is -0.960. The maximum Gasteiger partial charge on any atom is 0.373 e. The minimum atomic E-state index is -0.487. The van der Waals surface area contributed by atoms with Crippen molar-refractivity contribution >= 4 is 17.6 Å². The van der Waals surface area contributed by atoms with Gasteiger partial charge in [0.05, 0.1) is 12.5 Å². The van der Waals surface area contributed by atoms with Crippen molar-refractivity contribution in [3.8, 4) is 0 Å². The van der Waals surface area contributed by atoms with E-state index in [0.29, 0.717) is 5.76 Å². The molecule has 0 unspecified atom stereocenters. The van der Waals surface area contributed by atoms with Gasteiger partial charge in [-0.2, -0.15) is 0 Å². The van der Waals surface area contributed by atoms with Gasteiger partial charge in [0.1, 0.15) is 5.76 Å².